The summed E-state index contributed by atoms with van der Waals surface area (Å²) < 4.78 is 0. The van der Waals surface area contributed by atoms with E-state index in [0.717, 1.165) is 0 Å². The fraction of sp³-hybridized carbons (Fsp3) is 0.240. The molecule has 0 aliphatic rings. The van der Waals surface area contributed by atoms with Crippen LogP contribution in [0.25, 0.3) is 0 Å². The van der Waals surface area contributed by atoms with Crippen molar-refractivity contribution in [3.63, 3.8) is 0 Å². The van der Waals surface area contributed by atoms with Gasteiger partial charge >= 0.3 is 0 Å². The van der Waals surface area contributed by atoms with Crippen molar-refractivity contribution in [2.45, 2.75) is 39.5 Å². The molecule has 0 radical (unpaired) electrons. The first-order valence-corrected chi connectivity index (χ1v) is 10.1. The Hall–Kier alpha value is -3.47. The van der Waals surface area contributed by atoms with Crippen LogP contribution < -0.4 is 10.6 Å². The van der Waals surface area contributed by atoms with Gasteiger partial charge in [-0.25, -0.2) is 4.98 Å². The number of nitrogens with one attached hydrogen (secondary N) is 2. The minimum atomic E-state index is -0.245. The van der Waals surface area contributed by atoms with Crippen molar-refractivity contribution in [3.8, 4) is 0 Å². The van der Waals surface area contributed by atoms with Gasteiger partial charge in [-0.2, -0.15) is 0 Å². The molecule has 3 rings (SSSR count). The molecule has 5 heteroatoms. The van der Waals surface area contributed by atoms with Gasteiger partial charge in [0.1, 0.15) is 11.6 Å². The van der Waals surface area contributed by atoms with Crippen molar-refractivity contribution in [3.05, 3.63) is 89.0 Å². The molecule has 2 N–H and O–H groups in total. The lowest BCUT2D eigenvalue weighted by Gasteiger charge is -2.10. The van der Waals surface area contributed by atoms with Crippen molar-refractivity contribution in [2.24, 2.45) is 0 Å². The number of hydrogen-bond donors (Lipinski definition) is 2. The third-order valence-corrected chi connectivity index (χ3v) is 4.91. The average molecular weight is 402 g/mol. The van der Waals surface area contributed by atoms with Gasteiger partial charge in [0.05, 0.1) is 0 Å². The summed E-state index contributed by atoms with van der Waals surface area (Å²) >= 11 is 0. The SMILES string of the molecule is CC(C)c1ccc(C(=O)Nc2cccc(NC(=O)c3ccc(C(C)C)cc3)n2)cc1. The quantitative estimate of drug-likeness (QED) is 0.546. The summed E-state index contributed by atoms with van der Waals surface area (Å²) in [7, 11) is 0. The molecule has 1 aromatic heterocycles. The van der Waals surface area contributed by atoms with Crippen LogP contribution in [0.3, 0.4) is 0 Å². The highest BCUT2D eigenvalue weighted by molar-refractivity contribution is 6.05. The number of carbonyl (C=O) groups excluding carboxylic acids is 2. The summed E-state index contributed by atoms with van der Waals surface area (Å²) in [6, 6.07) is 20.1. The molecule has 154 valence electrons. The standard InChI is InChI=1S/C25H27N3O2/c1-16(2)18-8-12-20(13-9-18)24(29)27-22-6-5-7-23(26-22)28-25(30)21-14-10-19(11-15-21)17(3)4/h5-17H,1-4H3,(H2,26,27,28,29,30). The van der Waals surface area contributed by atoms with Crippen LogP contribution in [0.2, 0.25) is 0 Å². The van der Waals surface area contributed by atoms with Gasteiger partial charge in [-0.3, -0.25) is 9.59 Å². The topological polar surface area (TPSA) is 71.1 Å². The van der Waals surface area contributed by atoms with E-state index in [0.29, 0.717) is 34.6 Å². The van der Waals surface area contributed by atoms with Crippen molar-refractivity contribution in [1.82, 2.24) is 4.98 Å². The van der Waals surface area contributed by atoms with Crippen molar-refractivity contribution in [2.75, 3.05) is 10.6 Å². The molecular formula is C25H27N3O2. The van der Waals surface area contributed by atoms with Crippen LogP contribution in [-0.4, -0.2) is 16.8 Å². The molecule has 30 heavy (non-hydrogen) atoms. The maximum Gasteiger partial charge on any atom is 0.256 e. The highest BCUT2D eigenvalue weighted by Crippen LogP contribution is 2.18. The van der Waals surface area contributed by atoms with E-state index < -0.39 is 0 Å². The van der Waals surface area contributed by atoms with Crippen LogP contribution in [0.5, 0.6) is 0 Å². The predicted octanol–water partition coefficient (Wildman–Crippen LogP) is 5.83. The van der Waals surface area contributed by atoms with Crippen LogP contribution in [0.4, 0.5) is 11.6 Å². The summed E-state index contributed by atoms with van der Waals surface area (Å²) in [5.74, 6) is 1.08. The van der Waals surface area contributed by atoms with Gasteiger partial charge in [-0.15, -0.1) is 0 Å². The van der Waals surface area contributed by atoms with Gasteiger partial charge in [0.25, 0.3) is 11.8 Å². The average Bonchev–Trinajstić information content (AvgIpc) is 2.74. The number of carbonyl (C=O) groups is 2. The van der Waals surface area contributed by atoms with Crippen molar-refractivity contribution >= 4 is 23.5 Å². The Kier molecular flexibility index (Phi) is 6.62. The predicted molar refractivity (Wildman–Crippen MR) is 121 cm³/mol. The number of benzene rings is 2. The molecule has 0 aliphatic heterocycles. The lowest BCUT2D eigenvalue weighted by atomic mass is 10.0. The molecule has 0 aliphatic carbocycles. The van der Waals surface area contributed by atoms with Crippen LogP contribution in [0.15, 0.2) is 66.7 Å². The first kappa shape index (κ1) is 21.2. The summed E-state index contributed by atoms with van der Waals surface area (Å²) in [6.45, 7) is 8.43. The van der Waals surface area contributed by atoms with E-state index in [1.165, 1.54) is 11.1 Å². The molecule has 0 saturated heterocycles. The fourth-order valence-electron chi connectivity index (χ4n) is 2.99. The lowest BCUT2D eigenvalue weighted by molar-refractivity contribution is 0.101. The molecule has 0 saturated carbocycles. The lowest BCUT2D eigenvalue weighted by Crippen LogP contribution is -2.16. The maximum atomic E-state index is 12.5. The number of rotatable bonds is 6. The Morgan fingerprint density at radius 1 is 0.633 bits per heavy atom. The van der Waals surface area contributed by atoms with Crippen LogP contribution >= 0.6 is 0 Å². The summed E-state index contributed by atoms with van der Waals surface area (Å²) in [4.78, 5) is 29.3. The first-order chi connectivity index (χ1) is 14.3. The smallest absolute Gasteiger partial charge is 0.256 e. The van der Waals surface area contributed by atoms with Crippen LogP contribution in [-0.2, 0) is 0 Å². The normalized spacial score (nSPS) is 10.9. The van der Waals surface area contributed by atoms with E-state index in [2.05, 4.69) is 43.3 Å². The minimum Gasteiger partial charge on any atom is -0.306 e. The zero-order valence-electron chi connectivity index (χ0n) is 17.8. The third kappa shape index (κ3) is 5.32. The largest absolute Gasteiger partial charge is 0.306 e. The molecule has 2 amide bonds. The zero-order chi connectivity index (χ0) is 21.7. The van der Waals surface area contributed by atoms with Gasteiger partial charge in [-0.1, -0.05) is 58.0 Å². The number of pyridine rings is 1. The number of nitrogens with zero attached hydrogens (tertiary/aromatic N) is 1. The molecule has 3 aromatic rings. The van der Waals surface area contributed by atoms with Crippen LogP contribution in [0, 0.1) is 0 Å². The zero-order valence-corrected chi connectivity index (χ0v) is 17.8. The molecule has 0 unspecified atom stereocenters. The van der Waals surface area contributed by atoms with Gasteiger partial charge in [0, 0.05) is 11.1 Å². The number of amides is 2. The Morgan fingerprint density at radius 3 is 1.33 bits per heavy atom. The van der Waals surface area contributed by atoms with Gasteiger partial charge < -0.3 is 10.6 Å². The summed E-state index contributed by atoms with van der Waals surface area (Å²) in [5, 5.41) is 5.56. The van der Waals surface area contributed by atoms with Gasteiger partial charge in [-0.05, 0) is 59.4 Å². The number of aromatic nitrogens is 1. The third-order valence-electron chi connectivity index (χ3n) is 4.91. The highest BCUT2D eigenvalue weighted by atomic mass is 16.2. The molecule has 5 nitrogen and oxygen atoms in total. The molecule has 0 atom stereocenters. The fourth-order valence-corrected chi connectivity index (χ4v) is 2.99. The van der Waals surface area contributed by atoms with E-state index in [9.17, 15) is 9.59 Å². The summed E-state index contributed by atoms with van der Waals surface area (Å²) in [6.07, 6.45) is 0. The summed E-state index contributed by atoms with van der Waals surface area (Å²) in [5.41, 5.74) is 3.47. The van der Waals surface area contributed by atoms with E-state index in [-0.39, 0.29) is 11.8 Å². The van der Waals surface area contributed by atoms with Crippen LogP contribution in [0.1, 0.15) is 71.4 Å². The molecule has 0 bridgehead atoms. The second-order valence-corrected chi connectivity index (χ2v) is 7.87. The maximum absolute atomic E-state index is 12.5. The van der Waals surface area contributed by atoms with Gasteiger partial charge in [0.2, 0.25) is 0 Å². The van der Waals surface area contributed by atoms with E-state index >= 15 is 0 Å². The molecule has 1 heterocycles. The van der Waals surface area contributed by atoms with Gasteiger partial charge in [0.15, 0.2) is 0 Å². The van der Waals surface area contributed by atoms with Crippen molar-refractivity contribution < 1.29 is 9.59 Å². The van der Waals surface area contributed by atoms with E-state index in [1.807, 2.05) is 24.3 Å². The van der Waals surface area contributed by atoms with E-state index in [1.54, 1.807) is 42.5 Å². The second-order valence-electron chi connectivity index (χ2n) is 7.87. The Morgan fingerprint density at radius 2 is 1.00 bits per heavy atom. The van der Waals surface area contributed by atoms with Crippen molar-refractivity contribution in [1.29, 1.82) is 0 Å². The van der Waals surface area contributed by atoms with E-state index in [4.69, 9.17) is 0 Å². The highest BCUT2D eigenvalue weighted by Gasteiger charge is 2.11. The Labute approximate surface area is 177 Å². The molecule has 0 spiro atoms. The first-order valence-electron chi connectivity index (χ1n) is 10.1. The second kappa shape index (κ2) is 9.35. The molecular weight excluding hydrogens is 374 g/mol. The molecule has 2 aromatic carbocycles. The number of anilines is 2. The minimum absolute atomic E-state index is 0.245. The Bertz CT molecular complexity index is 942. The Balaban J connectivity index is 1.66. The number of hydrogen-bond acceptors (Lipinski definition) is 3. The molecule has 0 fully saturated rings. The monoisotopic (exact) mass is 401 g/mol.